The molecule has 2 aliphatic heterocycles. The van der Waals surface area contributed by atoms with Crippen molar-refractivity contribution >= 4 is 45.8 Å². The Morgan fingerprint density at radius 2 is 1.91 bits per heavy atom. The van der Waals surface area contributed by atoms with Crippen LogP contribution in [-0.2, 0) is 4.79 Å². The van der Waals surface area contributed by atoms with Gasteiger partial charge in [0.15, 0.2) is 5.84 Å². The molecule has 1 N–H and O–H groups in total. The van der Waals surface area contributed by atoms with E-state index in [0.29, 0.717) is 16.6 Å². The van der Waals surface area contributed by atoms with Gasteiger partial charge in [-0.3, -0.25) is 10.2 Å². The number of hydrogen-bond acceptors (Lipinski definition) is 6. The van der Waals surface area contributed by atoms with Crippen LogP contribution in [0.2, 0.25) is 0 Å². The number of nitrogens with zero attached hydrogens (tertiary/aromatic N) is 3. The van der Waals surface area contributed by atoms with Crippen molar-refractivity contribution in [2.45, 2.75) is 32.1 Å². The normalized spacial score (nSPS) is 19.7. The highest BCUT2D eigenvalue weighted by atomic mass is 32.2. The van der Waals surface area contributed by atoms with E-state index >= 15 is 0 Å². The molecule has 34 heavy (non-hydrogen) atoms. The van der Waals surface area contributed by atoms with Gasteiger partial charge in [0.2, 0.25) is 5.17 Å². The summed E-state index contributed by atoms with van der Waals surface area (Å²) < 4.78 is 18.5. The predicted molar refractivity (Wildman–Crippen MR) is 129 cm³/mol. The van der Waals surface area contributed by atoms with E-state index in [1.54, 1.807) is 30.3 Å². The molecule has 172 valence electrons. The van der Waals surface area contributed by atoms with E-state index in [2.05, 4.69) is 10.1 Å². The zero-order chi connectivity index (χ0) is 23.7. The number of esters is 1. The smallest absolute Gasteiger partial charge is 0.343 e. The van der Waals surface area contributed by atoms with E-state index < -0.39 is 17.7 Å². The fraction of sp³-hybridized carbons (Fsp3) is 0.240. The van der Waals surface area contributed by atoms with Crippen molar-refractivity contribution in [1.82, 2.24) is 5.01 Å². The van der Waals surface area contributed by atoms with E-state index in [1.165, 1.54) is 60.3 Å². The van der Waals surface area contributed by atoms with Crippen LogP contribution >= 0.6 is 11.8 Å². The number of carbonyl (C=O) groups excluding carboxylic acids is 2. The molecule has 0 bridgehead atoms. The molecule has 2 aromatic carbocycles. The molecule has 3 aliphatic rings. The first-order valence-electron chi connectivity index (χ1n) is 11.1. The minimum Gasteiger partial charge on any atom is -0.423 e. The summed E-state index contributed by atoms with van der Waals surface area (Å²) in [6.07, 6.45) is 7.25. The highest BCUT2D eigenvalue weighted by Crippen LogP contribution is 2.36. The molecule has 2 heterocycles. The van der Waals surface area contributed by atoms with Crippen LogP contribution in [0, 0.1) is 17.1 Å². The maximum absolute atomic E-state index is 13.1. The molecule has 2 aromatic rings. The lowest BCUT2D eigenvalue weighted by Gasteiger charge is -2.20. The number of nitrogens with one attached hydrogen (secondary N) is 1. The van der Waals surface area contributed by atoms with Crippen LogP contribution in [0.1, 0.15) is 48.0 Å². The number of rotatable bonds is 4. The Kier molecular flexibility index (Phi) is 6.10. The lowest BCUT2D eigenvalue weighted by atomic mass is 9.90. The van der Waals surface area contributed by atoms with Crippen LogP contribution in [-0.4, -0.2) is 32.9 Å². The Bertz CT molecular complexity index is 1260. The molecule has 7 nitrogen and oxygen atoms in total. The number of amidine groups is 2. The molecule has 0 atom stereocenters. The monoisotopic (exact) mass is 476 g/mol. The van der Waals surface area contributed by atoms with Crippen LogP contribution in [0.25, 0.3) is 6.08 Å². The number of amides is 1. The molecule has 0 spiro atoms. The molecule has 1 amide bonds. The molecular weight excluding hydrogens is 455 g/mol. The largest absolute Gasteiger partial charge is 0.423 e. The molecule has 5 rings (SSSR count). The maximum Gasteiger partial charge on any atom is 0.343 e. The summed E-state index contributed by atoms with van der Waals surface area (Å²) >= 11 is 1.38. The van der Waals surface area contributed by atoms with Crippen LogP contribution in [0.5, 0.6) is 5.75 Å². The summed E-state index contributed by atoms with van der Waals surface area (Å²) in [5.41, 5.74) is 0.897. The number of benzene rings is 2. The van der Waals surface area contributed by atoms with Crippen molar-refractivity contribution in [3.8, 4) is 5.75 Å². The van der Waals surface area contributed by atoms with E-state index in [-0.39, 0.29) is 22.7 Å². The van der Waals surface area contributed by atoms with Gasteiger partial charge >= 0.3 is 5.97 Å². The Balaban J connectivity index is 1.35. The summed E-state index contributed by atoms with van der Waals surface area (Å²) in [7, 11) is 0. The number of hydrazone groups is 1. The molecule has 1 aliphatic carbocycles. The molecule has 0 saturated heterocycles. The minimum atomic E-state index is -0.626. The first-order chi connectivity index (χ1) is 16.5. The Morgan fingerprint density at radius 3 is 2.68 bits per heavy atom. The molecule has 9 heteroatoms. The molecule has 0 radical (unpaired) electrons. The number of thioether (sulfide) groups is 1. The van der Waals surface area contributed by atoms with Crippen molar-refractivity contribution in [2.75, 3.05) is 0 Å². The van der Waals surface area contributed by atoms with Gasteiger partial charge < -0.3 is 4.74 Å². The average molecular weight is 477 g/mol. The van der Waals surface area contributed by atoms with E-state index in [1.807, 2.05) is 0 Å². The van der Waals surface area contributed by atoms with Gasteiger partial charge in [-0.25, -0.2) is 9.18 Å². The van der Waals surface area contributed by atoms with Gasteiger partial charge in [-0.2, -0.15) is 15.1 Å². The van der Waals surface area contributed by atoms with Crippen molar-refractivity contribution in [3.63, 3.8) is 0 Å². The van der Waals surface area contributed by atoms with Gasteiger partial charge in [0, 0.05) is 5.92 Å². The van der Waals surface area contributed by atoms with Gasteiger partial charge in [-0.1, -0.05) is 31.4 Å². The summed E-state index contributed by atoms with van der Waals surface area (Å²) in [6, 6.07) is 11.7. The number of hydrogen-bond donors (Lipinski definition) is 1. The fourth-order valence-electron chi connectivity index (χ4n) is 4.11. The molecule has 0 unspecified atom stereocenters. The highest BCUT2D eigenvalue weighted by Gasteiger charge is 2.37. The van der Waals surface area contributed by atoms with Crippen LogP contribution in [0.15, 0.2) is 64.2 Å². The lowest BCUT2D eigenvalue weighted by molar-refractivity contribution is -0.114. The lowest BCUT2D eigenvalue weighted by Crippen LogP contribution is -2.35. The molecule has 1 fully saturated rings. The third kappa shape index (κ3) is 4.56. The predicted octanol–water partition coefficient (Wildman–Crippen LogP) is 5.24. The number of halogens is 1. The summed E-state index contributed by atoms with van der Waals surface area (Å²) in [5, 5.41) is 16.0. The minimum absolute atomic E-state index is 0.0259. The van der Waals surface area contributed by atoms with E-state index in [4.69, 9.17) is 10.1 Å². The molecular formula is C25H21FN4O3S. The Morgan fingerprint density at radius 1 is 1.15 bits per heavy atom. The first kappa shape index (κ1) is 22.2. The van der Waals surface area contributed by atoms with Crippen LogP contribution in [0.4, 0.5) is 4.39 Å². The third-order valence-electron chi connectivity index (χ3n) is 5.88. The van der Waals surface area contributed by atoms with E-state index in [0.717, 1.165) is 17.9 Å². The average Bonchev–Trinajstić information content (AvgIpc) is 3.27. The maximum atomic E-state index is 13.1. The highest BCUT2D eigenvalue weighted by molar-refractivity contribution is 8.27. The van der Waals surface area contributed by atoms with Gasteiger partial charge in [0.05, 0.1) is 11.1 Å². The van der Waals surface area contributed by atoms with Crippen molar-refractivity contribution < 1.29 is 18.7 Å². The van der Waals surface area contributed by atoms with Crippen molar-refractivity contribution in [2.24, 2.45) is 16.0 Å². The number of ether oxygens (including phenoxy) is 1. The fourth-order valence-corrected chi connectivity index (χ4v) is 5.17. The Hall–Kier alpha value is -3.59. The zero-order valence-corrected chi connectivity index (χ0v) is 19.0. The van der Waals surface area contributed by atoms with Crippen molar-refractivity contribution in [3.05, 3.63) is 71.0 Å². The zero-order valence-electron chi connectivity index (χ0n) is 18.2. The SMILES string of the molecule is N=C1/C(=C\c2cccc(OC(=O)c3ccc(F)cc3)c2)C(=O)N=C2SC(C3CCCCC3)=NN12. The van der Waals surface area contributed by atoms with Crippen LogP contribution < -0.4 is 4.74 Å². The number of carbonyl (C=O) groups is 2. The van der Waals surface area contributed by atoms with Crippen LogP contribution in [0.3, 0.4) is 0 Å². The second kappa shape index (κ2) is 9.34. The molecule has 1 saturated carbocycles. The van der Waals surface area contributed by atoms with Gasteiger partial charge in [-0.05, 0) is 72.6 Å². The quantitative estimate of drug-likeness (QED) is 0.370. The van der Waals surface area contributed by atoms with Gasteiger partial charge in [0.1, 0.15) is 16.6 Å². The van der Waals surface area contributed by atoms with Crippen molar-refractivity contribution in [1.29, 1.82) is 5.41 Å². The summed E-state index contributed by atoms with van der Waals surface area (Å²) in [5.74, 6) is -0.979. The first-order valence-corrected chi connectivity index (χ1v) is 11.9. The standard InChI is InChI=1S/C25H21FN4O3S/c26-18-11-9-17(10-12-18)24(32)33-19-8-4-5-15(13-19)14-20-21(27)30-25(28-22(20)31)34-23(29-30)16-6-2-1-3-7-16/h4-5,8-14,16,27H,1-3,6-7H2/b20-14+,27-21?. The second-order valence-corrected chi connectivity index (χ2v) is 9.25. The van der Waals surface area contributed by atoms with Gasteiger partial charge in [-0.15, -0.1) is 0 Å². The third-order valence-corrected chi connectivity index (χ3v) is 6.96. The Labute approximate surface area is 199 Å². The van der Waals surface area contributed by atoms with Gasteiger partial charge in [0.25, 0.3) is 5.91 Å². The topological polar surface area (TPSA) is 95.2 Å². The number of aliphatic imine (C=N–C) groups is 1. The summed E-state index contributed by atoms with van der Waals surface area (Å²) in [4.78, 5) is 29.2. The molecule has 0 aromatic heterocycles. The second-order valence-electron chi connectivity index (χ2n) is 8.26. The summed E-state index contributed by atoms with van der Waals surface area (Å²) in [6.45, 7) is 0. The van der Waals surface area contributed by atoms with E-state index in [9.17, 15) is 14.0 Å². The number of fused-ring (bicyclic) bond motifs is 1.